The zero-order valence-corrected chi connectivity index (χ0v) is 21.4. The summed E-state index contributed by atoms with van der Waals surface area (Å²) in [5.41, 5.74) is 8.87. The SMILES string of the molecule is CC(C)(C)OC(=O)N1CC[C@H](n2nc(C#Cc3ccc4csnc4c3)c3c(N)ncc(Br)c32)C1. The van der Waals surface area contributed by atoms with Crippen LogP contribution in [0.3, 0.4) is 0 Å². The molecule has 4 heterocycles. The van der Waals surface area contributed by atoms with Crippen molar-refractivity contribution in [1.29, 1.82) is 0 Å². The van der Waals surface area contributed by atoms with Crippen LogP contribution in [0.25, 0.3) is 21.8 Å². The monoisotopic (exact) mass is 538 g/mol. The van der Waals surface area contributed by atoms with E-state index in [1.165, 1.54) is 11.5 Å². The quantitative estimate of drug-likeness (QED) is 0.343. The van der Waals surface area contributed by atoms with Gasteiger partial charge in [0.25, 0.3) is 0 Å². The van der Waals surface area contributed by atoms with Crippen LogP contribution in [-0.2, 0) is 4.74 Å². The van der Waals surface area contributed by atoms with E-state index in [1.807, 2.05) is 49.0 Å². The van der Waals surface area contributed by atoms with Crippen molar-refractivity contribution in [3.8, 4) is 11.8 Å². The number of nitrogen functional groups attached to an aromatic ring is 1. The number of nitrogens with zero attached hydrogens (tertiary/aromatic N) is 5. The number of ether oxygens (including phenoxy) is 1. The highest BCUT2D eigenvalue weighted by Gasteiger charge is 2.33. The van der Waals surface area contributed by atoms with Gasteiger partial charge in [-0.05, 0) is 72.7 Å². The minimum absolute atomic E-state index is 0.0324. The van der Waals surface area contributed by atoms with Gasteiger partial charge in [0.1, 0.15) is 17.1 Å². The fourth-order valence-electron chi connectivity index (χ4n) is 4.01. The maximum absolute atomic E-state index is 12.6. The van der Waals surface area contributed by atoms with Crippen LogP contribution in [0.1, 0.15) is 44.5 Å². The lowest BCUT2D eigenvalue weighted by molar-refractivity contribution is 0.0288. The molecule has 1 aliphatic rings. The molecule has 10 heteroatoms. The van der Waals surface area contributed by atoms with Crippen LogP contribution in [0, 0.1) is 11.8 Å². The highest BCUT2D eigenvalue weighted by Crippen LogP contribution is 2.34. The lowest BCUT2D eigenvalue weighted by atomic mass is 10.1. The number of amides is 1. The van der Waals surface area contributed by atoms with E-state index in [-0.39, 0.29) is 12.1 Å². The molecule has 1 aromatic carbocycles. The number of carbonyl (C=O) groups excluding carboxylic acids is 1. The average Bonchev–Trinajstić information content (AvgIpc) is 3.51. The predicted molar refractivity (Wildman–Crippen MR) is 137 cm³/mol. The molecular formula is C24H23BrN6O2S. The van der Waals surface area contributed by atoms with Gasteiger partial charge in [0.2, 0.25) is 0 Å². The molecule has 2 N–H and O–H groups in total. The van der Waals surface area contributed by atoms with Crippen LogP contribution in [0.4, 0.5) is 10.6 Å². The third-order valence-corrected chi connectivity index (χ3v) is 6.80. The zero-order chi connectivity index (χ0) is 24.0. The second-order valence-corrected chi connectivity index (χ2v) is 10.7. The number of anilines is 1. The first-order valence-corrected chi connectivity index (χ1v) is 12.5. The van der Waals surface area contributed by atoms with Crippen molar-refractivity contribution in [3.05, 3.63) is 45.5 Å². The smallest absolute Gasteiger partial charge is 0.410 e. The first kappa shape index (κ1) is 22.6. The number of benzene rings is 1. The molecule has 0 bridgehead atoms. The molecule has 0 saturated carbocycles. The summed E-state index contributed by atoms with van der Waals surface area (Å²) in [4.78, 5) is 18.6. The number of carbonyl (C=O) groups is 1. The number of aromatic nitrogens is 4. The third-order valence-electron chi connectivity index (χ3n) is 5.56. The van der Waals surface area contributed by atoms with Crippen LogP contribution in [0.15, 0.2) is 34.2 Å². The highest BCUT2D eigenvalue weighted by atomic mass is 79.9. The summed E-state index contributed by atoms with van der Waals surface area (Å²) in [5, 5.41) is 8.63. The van der Waals surface area contributed by atoms with E-state index in [0.717, 1.165) is 32.9 Å². The van der Waals surface area contributed by atoms with Gasteiger partial charge in [0, 0.05) is 35.6 Å². The minimum Gasteiger partial charge on any atom is -0.444 e. The Morgan fingerprint density at radius 3 is 2.94 bits per heavy atom. The van der Waals surface area contributed by atoms with Gasteiger partial charge in [-0.15, -0.1) is 0 Å². The fourth-order valence-corrected chi connectivity index (χ4v) is 5.13. The number of hydrogen-bond acceptors (Lipinski definition) is 7. The van der Waals surface area contributed by atoms with Gasteiger partial charge in [-0.2, -0.15) is 9.47 Å². The number of rotatable bonds is 1. The van der Waals surface area contributed by atoms with Gasteiger partial charge in [-0.25, -0.2) is 9.78 Å². The number of nitrogens with two attached hydrogens (primary N) is 1. The highest BCUT2D eigenvalue weighted by molar-refractivity contribution is 9.10. The lowest BCUT2D eigenvalue weighted by Gasteiger charge is -2.24. The first-order valence-electron chi connectivity index (χ1n) is 10.9. The molecule has 1 saturated heterocycles. The molecule has 4 aromatic rings. The molecule has 0 spiro atoms. The molecule has 1 aliphatic heterocycles. The Morgan fingerprint density at radius 2 is 2.15 bits per heavy atom. The Balaban J connectivity index is 1.51. The minimum atomic E-state index is -0.541. The zero-order valence-electron chi connectivity index (χ0n) is 19.0. The predicted octanol–water partition coefficient (Wildman–Crippen LogP) is 4.97. The molecule has 0 radical (unpaired) electrons. The molecule has 3 aromatic heterocycles. The van der Waals surface area contributed by atoms with Gasteiger partial charge in [0.15, 0.2) is 0 Å². The van der Waals surface area contributed by atoms with Crippen molar-refractivity contribution >= 4 is 61.2 Å². The van der Waals surface area contributed by atoms with Crippen LogP contribution in [0.2, 0.25) is 0 Å². The van der Waals surface area contributed by atoms with Gasteiger partial charge in [-0.1, -0.05) is 12.0 Å². The number of halogens is 1. The van der Waals surface area contributed by atoms with Crippen molar-refractivity contribution in [2.24, 2.45) is 0 Å². The van der Waals surface area contributed by atoms with E-state index in [4.69, 9.17) is 15.6 Å². The van der Waals surface area contributed by atoms with Crippen LogP contribution >= 0.6 is 27.5 Å². The molecule has 1 amide bonds. The molecule has 1 fully saturated rings. The van der Waals surface area contributed by atoms with Crippen LogP contribution in [0.5, 0.6) is 0 Å². The summed E-state index contributed by atoms with van der Waals surface area (Å²) >= 11 is 5.03. The van der Waals surface area contributed by atoms with E-state index in [2.05, 4.69) is 37.1 Å². The Hall–Kier alpha value is -3.16. The van der Waals surface area contributed by atoms with E-state index in [0.29, 0.717) is 30.0 Å². The fraction of sp³-hybridized carbons (Fsp3) is 0.333. The van der Waals surface area contributed by atoms with Crippen LogP contribution in [-0.4, -0.2) is 48.8 Å². The van der Waals surface area contributed by atoms with Crippen molar-refractivity contribution in [1.82, 2.24) is 24.0 Å². The summed E-state index contributed by atoms with van der Waals surface area (Å²) < 4.78 is 12.6. The first-order chi connectivity index (χ1) is 16.2. The number of pyridine rings is 1. The van der Waals surface area contributed by atoms with E-state index >= 15 is 0 Å². The molecule has 0 aliphatic carbocycles. The second-order valence-electron chi connectivity index (χ2n) is 9.22. The number of likely N-dealkylation sites (tertiary alicyclic amines) is 1. The summed E-state index contributed by atoms with van der Waals surface area (Å²) in [6.07, 6.45) is 2.10. The van der Waals surface area contributed by atoms with E-state index < -0.39 is 5.60 Å². The lowest BCUT2D eigenvalue weighted by Crippen LogP contribution is -2.35. The summed E-state index contributed by atoms with van der Waals surface area (Å²) in [5.74, 6) is 6.75. The van der Waals surface area contributed by atoms with E-state index in [9.17, 15) is 4.79 Å². The molecule has 5 rings (SSSR count). The van der Waals surface area contributed by atoms with Crippen molar-refractivity contribution in [3.63, 3.8) is 0 Å². The van der Waals surface area contributed by atoms with Gasteiger partial charge >= 0.3 is 6.09 Å². The summed E-state index contributed by atoms with van der Waals surface area (Å²) in [7, 11) is 0. The van der Waals surface area contributed by atoms with Crippen molar-refractivity contribution in [2.45, 2.75) is 38.8 Å². The Labute approximate surface area is 209 Å². The average molecular weight is 539 g/mol. The Bertz CT molecular complexity index is 1480. The molecule has 1 atom stereocenters. The third kappa shape index (κ3) is 4.33. The second kappa shape index (κ2) is 8.56. The largest absolute Gasteiger partial charge is 0.444 e. The van der Waals surface area contributed by atoms with Crippen molar-refractivity contribution < 1.29 is 9.53 Å². The Morgan fingerprint density at radius 1 is 1.32 bits per heavy atom. The molecule has 34 heavy (non-hydrogen) atoms. The molecule has 174 valence electrons. The van der Waals surface area contributed by atoms with Gasteiger partial charge in [-0.3, -0.25) is 4.68 Å². The maximum atomic E-state index is 12.6. The molecule has 8 nitrogen and oxygen atoms in total. The Kier molecular flexibility index (Phi) is 5.70. The number of fused-ring (bicyclic) bond motifs is 2. The molecule has 0 unspecified atom stereocenters. The van der Waals surface area contributed by atoms with Gasteiger partial charge in [0.05, 0.1) is 26.9 Å². The molecular weight excluding hydrogens is 516 g/mol. The summed E-state index contributed by atoms with van der Waals surface area (Å²) in [6.45, 7) is 6.68. The number of hydrogen-bond donors (Lipinski definition) is 1. The van der Waals surface area contributed by atoms with Crippen LogP contribution < -0.4 is 5.73 Å². The van der Waals surface area contributed by atoms with Crippen molar-refractivity contribution in [2.75, 3.05) is 18.8 Å². The maximum Gasteiger partial charge on any atom is 0.410 e. The standard InChI is InChI=1S/C24H23BrN6O2S/c1-24(2,3)33-23(32)30-9-8-16(12-30)31-21-17(25)11-27-22(26)20(21)18(28-31)7-5-14-4-6-15-13-34-29-19(15)10-14/h4,6,10-11,13,16H,8-9,12H2,1-3H3,(H2,26,27)/t16-/m0/s1. The van der Waals surface area contributed by atoms with Gasteiger partial charge < -0.3 is 15.4 Å². The normalized spacial score (nSPS) is 16.1. The van der Waals surface area contributed by atoms with E-state index in [1.54, 1.807) is 11.1 Å². The summed E-state index contributed by atoms with van der Waals surface area (Å²) in [6, 6.07) is 5.91. The topological polar surface area (TPSA) is 99.2 Å².